The van der Waals surface area contributed by atoms with Crippen LogP contribution in [0.4, 0.5) is 4.79 Å². The molecule has 0 aliphatic carbocycles. The fourth-order valence-electron chi connectivity index (χ4n) is 3.32. The first-order valence-electron chi connectivity index (χ1n) is 7.29. The first-order valence-corrected chi connectivity index (χ1v) is 7.29. The number of rotatable bonds is 3. The molecule has 7 heteroatoms. The van der Waals surface area contributed by atoms with Gasteiger partial charge in [0.1, 0.15) is 6.04 Å². The second kappa shape index (κ2) is 4.44. The van der Waals surface area contributed by atoms with E-state index in [1.54, 1.807) is 0 Å². The zero-order valence-corrected chi connectivity index (χ0v) is 11.6. The van der Waals surface area contributed by atoms with Crippen molar-refractivity contribution in [2.75, 3.05) is 26.7 Å². The summed E-state index contributed by atoms with van der Waals surface area (Å²) < 4.78 is 5.80. The predicted molar refractivity (Wildman–Crippen MR) is 70.0 cm³/mol. The monoisotopic (exact) mass is 277 g/mol. The molecule has 1 N–H and O–H groups in total. The Morgan fingerprint density at radius 2 is 2.20 bits per heavy atom. The molecule has 1 aromatic heterocycles. The summed E-state index contributed by atoms with van der Waals surface area (Å²) in [6.45, 7) is 2.83. The molecule has 3 saturated heterocycles. The lowest BCUT2D eigenvalue weighted by molar-refractivity contribution is 0.165. The molecule has 0 unspecified atom stereocenters. The second-order valence-corrected chi connectivity index (χ2v) is 6.06. The van der Waals surface area contributed by atoms with Crippen molar-refractivity contribution in [2.24, 2.45) is 5.92 Å². The molecule has 3 aliphatic heterocycles. The Morgan fingerprint density at radius 3 is 2.95 bits per heavy atom. The first kappa shape index (κ1) is 12.1. The fraction of sp³-hybridized carbons (Fsp3) is 0.769. The number of piperidine rings is 1. The normalized spacial score (nSPS) is 29.9. The molecular weight excluding hydrogens is 258 g/mol. The van der Waals surface area contributed by atoms with Crippen molar-refractivity contribution in [3.05, 3.63) is 11.8 Å². The molecule has 7 nitrogen and oxygen atoms in total. The van der Waals surface area contributed by atoms with Crippen molar-refractivity contribution in [3.63, 3.8) is 0 Å². The SMILES string of the molecule is CN1C(=O)N2C[C@H]1CC[C@H]2c1nnc(CC2CNC2)o1. The van der Waals surface area contributed by atoms with Gasteiger partial charge in [0.2, 0.25) is 11.8 Å². The molecule has 0 radical (unpaired) electrons. The summed E-state index contributed by atoms with van der Waals surface area (Å²) in [6, 6.07) is 0.395. The number of urea groups is 1. The number of fused-ring (bicyclic) bond motifs is 2. The molecule has 2 amide bonds. The summed E-state index contributed by atoms with van der Waals surface area (Å²) in [5.41, 5.74) is 0. The van der Waals surface area contributed by atoms with Gasteiger partial charge in [0, 0.05) is 20.0 Å². The van der Waals surface area contributed by atoms with Crippen molar-refractivity contribution in [2.45, 2.75) is 31.3 Å². The molecule has 0 aromatic carbocycles. The lowest BCUT2D eigenvalue weighted by Gasteiger charge is -2.28. The molecule has 2 bridgehead atoms. The van der Waals surface area contributed by atoms with Crippen LogP contribution in [0.3, 0.4) is 0 Å². The van der Waals surface area contributed by atoms with Crippen molar-refractivity contribution in [3.8, 4) is 0 Å². The van der Waals surface area contributed by atoms with Crippen LogP contribution in [0.15, 0.2) is 4.42 Å². The van der Waals surface area contributed by atoms with Crippen LogP contribution in [-0.2, 0) is 6.42 Å². The molecule has 0 saturated carbocycles. The highest BCUT2D eigenvalue weighted by Gasteiger charge is 2.45. The van der Waals surface area contributed by atoms with Gasteiger partial charge in [0.15, 0.2) is 0 Å². The molecule has 4 rings (SSSR count). The van der Waals surface area contributed by atoms with Gasteiger partial charge in [-0.05, 0) is 31.8 Å². The number of likely N-dealkylation sites (N-methyl/N-ethyl adjacent to an activating group) is 1. The summed E-state index contributed by atoms with van der Waals surface area (Å²) in [7, 11) is 1.87. The highest BCUT2D eigenvalue weighted by molar-refractivity contribution is 5.77. The maximum Gasteiger partial charge on any atom is 0.320 e. The third-order valence-electron chi connectivity index (χ3n) is 4.75. The van der Waals surface area contributed by atoms with Gasteiger partial charge in [0.05, 0.1) is 6.04 Å². The van der Waals surface area contributed by atoms with Gasteiger partial charge < -0.3 is 19.5 Å². The maximum atomic E-state index is 12.2. The predicted octanol–water partition coefficient (Wildman–Crippen LogP) is 0.402. The number of nitrogens with zero attached hydrogens (tertiary/aromatic N) is 4. The number of hydrogen-bond acceptors (Lipinski definition) is 5. The van der Waals surface area contributed by atoms with Crippen LogP contribution in [0.2, 0.25) is 0 Å². The molecule has 20 heavy (non-hydrogen) atoms. The lowest BCUT2D eigenvalue weighted by atomic mass is 9.99. The molecule has 108 valence electrons. The van der Waals surface area contributed by atoms with Crippen LogP contribution in [0, 0.1) is 5.92 Å². The smallest absolute Gasteiger partial charge is 0.320 e. The largest absolute Gasteiger partial charge is 0.423 e. The average Bonchev–Trinajstić information content (AvgIpc) is 2.96. The summed E-state index contributed by atoms with van der Waals surface area (Å²) >= 11 is 0. The molecule has 3 aliphatic rings. The fourth-order valence-corrected chi connectivity index (χ4v) is 3.32. The average molecular weight is 277 g/mol. The number of carbonyl (C=O) groups is 1. The lowest BCUT2D eigenvalue weighted by Crippen LogP contribution is -2.43. The summed E-state index contributed by atoms with van der Waals surface area (Å²) in [6.07, 6.45) is 2.75. The van der Waals surface area contributed by atoms with E-state index in [2.05, 4.69) is 15.5 Å². The summed E-state index contributed by atoms with van der Waals surface area (Å²) in [4.78, 5) is 15.9. The van der Waals surface area contributed by atoms with Gasteiger partial charge in [-0.3, -0.25) is 0 Å². The minimum atomic E-state index is -0.0375. The van der Waals surface area contributed by atoms with Crippen molar-refractivity contribution in [1.29, 1.82) is 0 Å². The summed E-state index contributed by atoms with van der Waals surface area (Å²) in [5, 5.41) is 11.6. The van der Waals surface area contributed by atoms with Gasteiger partial charge in [-0.25, -0.2) is 4.79 Å². The maximum absolute atomic E-state index is 12.2. The van der Waals surface area contributed by atoms with Crippen molar-refractivity contribution >= 4 is 6.03 Å². The Morgan fingerprint density at radius 1 is 1.35 bits per heavy atom. The molecule has 0 spiro atoms. The van der Waals surface area contributed by atoms with Crippen LogP contribution in [0.5, 0.6) is 0 Å². The summed E-state index contributed by atoms with van der Waals surface area (Å²) in [5.74, 6) is 1.92. The highest BCUT2D eigenvalue weighted by atomic mass is 16.4. The van der Waals surface area contributed by atoms with E-state index in [-0.39, 0.29) is 12.1 Å². The van der Waals surface area contributed by atoms with Crippen LogP contribution >= 0.6 is 0 Å². The van der Waals surface area contributed by atoms with E-state index in [9.17, 15) is 4.79 Å². The van der Waals surface area contributed by atoms with E-state index in [1.807, 2.05) is 16.8 Å². The van der Waals surface area contributed by atoms with E-state index in [4.69, 9.17) is 4.42 Å². The molecular formula is C13H19N5O2. The van der Waals surface area contributed by atoms with Gasteiger partial charge in [0.25, 0.3) is 0 Å². The Kier molecular flexibility index (Phi) is 2.70. The minimum Gasteiger partial charge on any atom is -0.423 e. The van der Waals surface area contributed by atoms with E-state index in [1.165, 1.54) is 0 Å². The molecule has 4 heterocycles. The Hall–Kier alpha value is -1.63. The van der Waals surface area contributed by atoms with Crippen LogP contribution < -0.4 is 5.32 Å². The molecule has 2 atom stereocenters. The van der Waals surface area contributed by atoms with Crippen LogP contribution in [-0.4, -0.2) is 58.8 Å². The topological polar surface area (TPSA) is 74.5 Å². The quantitative estimate of drug-likeness (QED) is 0.865. The number of nitrogens with one attached hydrogen (secondary N) is 1. The zero-order valence-electron chi connectivity index (χ0n) is 11.6. The Bertz CT molecular complexity index is 527. The number of amides is 2. The number of aromatic nitrogens is 2. The van der Waals surface area contributed by atoms with Crippen molar-refractivity contribution < 1.29 is 9.21 Å². The van der Waals surface area contributed by atoms with Gasteiger partial charge in [-0.15, -0.1) is 10.2 Å². The van der Waals surface area contributed by atoms with Crippen LogP contribution in [0.1, 0.15) is 30.7 Å². The number of carbonyl (C=O) groups excluding carboxylic acids is 1. The van der Waals surface area contributed by atoms with E-state index < -0.39 is 0 Å². The Balaban J connectivity index is 1.51. The van der Waals surface area contributed by atoms with E-state index >= 15 is 0 Å². The number of hydrogen-bond donors (Lipinski definition) is 1. The van der Waals surface area contributed by atoms with Gasteiger partial charge >= 0.3 is 6.03 Å². The van der Waals surface area contributed by atoms with Gasteiger partial charge in [-0.2, -0.15) is 0 Å². The van der Waals surface area contributed by atoms with Gasteiger partial charge in [-0.1, -0.05) is 0 Å². The zero-order chi connectivity index (χ0) is 13.7. The minimum absolute atomic E-state index is 0.0375. The van der Waals surface area contributed by atoms with E-state index in [0.717, 1.165) is 38.9 Å². The standard InChI is InChI=1S/C13H19N5O2/c1-17-9-2-3-10(18(7-9)13(17)19)12-16-15-11(20-12)4-8-5-14-6-8/h8-10,14H,2-7H2,1H3/t9-,10+/m1/s1. The van der Waals surface area contributed by atoms with Crippen molar-refractivity contribution in [1.82, 2.24) is 25.3 Å². The molecule has 3 fully saturated rings. The van der Waals surface area contributed by atoms with E-state index in [0.29, 0.717) is 23.7 Å². The third kappa shape index (κ3) is 1.80. The highest BCUT2D eigenvalue weighted by Crippen LogP contribution is 2.37. The van der Waals surface area contributed by atoms with Crippen LogP contribution in [0.25, 0.3) is 0 Å². The second-order valence-electron chi connectivity index (χ2n) is 6.06. The first-order chi connectivity index (χ1) is 9.72. The third-order valence-corrected chi connectivity index (χ3v) is 4.75. The Labute approximate surface area is 117 Å². The molecule has 1 aromatic rings.